The Hall–Kier alpha value is -0.920. The first kappa shape index (κ1) is 10.2. The smallest absolute Gasteiger partial charge is 0.125 e. The van der Waals surface area contributed by atoms with Crippen LogP contribution in [-0.2, 0) is 0 Å². The molecule has 0 fully saturated rings. The van der Waals surface area contributed by atoms with Gasteiger partial charge in [-0.15, -0.1) is 0 Å². The summed E-state index contributed by atoms with van der Waals surface area (Å²) in [5, 5.41) is 0. The van der Waals surface area contributed by atoms with Crippen molar-refractivity contribution < 1.29 is 0 Å². The standard InChI is InChI=1S/C11H18N2/c1-8(11(3,4)5)10-6-12-9(2)13-7-10/h6-8H,1-5H3/t8-/m0/s1. The molecule has 13 heavy (non-hydrogen) atoms. The van der Waals surface area contributed by atoms with Crippen LogP contribution in [0.2, 0.25) is 0 Å². The first-order valence-corrected chi connectivity index (χ1v) is 4.70. The van der Waals surface area contributed by atoms with Gasteiger partial charge in [-0.2, -0.15) is 0 Å². The molecule has 0 aromatic carbocycles. The molecule has 1 atom stereocenters. The van der Waals surface area contributed by atoms with Gasteiger partial charge in [0.2, 0.25) is 0 Å². The molecule has 0 aliphatic heterocycles. The molecule has 0 radical (unpaired) electrons. The van der Waals surface area contributed by atoms with Crippen LogP contribution in [0.15, 0.2) is 12.4 Å². The second-order valence-corrected chi connectivity index (χ2v) is 4.65. The Bertz CT molecular complexity index is 269. The molecule has 0 aliphatic carbocycles. The summed E-state index contributed by atoms with van der Waals surface area (Å²) < 4.78 is 0. The maximum atomic E-state index is 4.20. The largest absolute Gasteiger partial charge is 0.241 e. The summed E-state index contributed by atoms with van der Waals surface area (Å²) in [6.07, 6.45) is 3.86. The molecule has 72 valence electrons. The second-order valence-electron chi connectivity index (χ2n) is 4.65. The Labute approximate surface area is 80.4 Å². The van der Waals surface area contributed by atoms with Crippen LogP contribution in [0.4, 0.5) is 0 Å². The lowest BCUT2D eigenvalue weighted by Gasteiger charge is -2.26. The lowest BCUT2D eigenvalue weighted by Crippen LogP contribution is -2.15. The number of hydrogen-bond donors (Lipinski definition) is 0. The number of nitrogens with zero attached hydrogens (tertiary/aromatic N) is 2. The molecule has 0 aliphatic rings. The summed E-state index contributed by atoms with van der Waals surface area (Å²) in [6.45, 7) is 10.8. The van der Waals surface area contributed by atoms with Gasteiger partial charge in [0.25, 0.3) is 0 Å². The van der Waals surface area contributed by atoms with E-state index in [0.29, 0.717) is 5.92 Å². The van der Waals surface area contributed by atoms with Crippen molar-refractivity contribution in [2.24, 2.45) is 5.41 Å². The zero-order valence-corrected chi connectivity index (χ0v) is 9.13. The highest BCUT2D eigenvalue weighted by molar-refractivity contribution is 5.13. The predicted molar refractivity (Wildman–Crippen MR) is 54.6 cm³/mol. The van der Waals surface area contributed by atoms with Crippen LogP contribution in [0.25, 0.3) is 0 Å². The molecule has 0 N–H and O–H groups in total. The summed E-state index contributed by atoms with van der Waals surface area (Å²) >= 11 is 0. The van der Waals surface area contributed by atoms with Crippen molar-refractivity contribution in [3.63, 3.8) is 0 Å². The van der Waals surface area contributed by atoms with E-state index in [1.165, 1.54) is 5.56 Å². The Morgan fingerprint density at radius 3 is 2.00 bits per heavy atom. The minimum Gasteiger partial charge on any atom is -0.241 e. The maximum Gasteiger partial charge on any atom is 0.125 e. The van der Waals surface area contributed by atoms with Crippen molar-refractivity contribution in [3.8, 4) is 0 Å². The monoisotopic (exact) mass is 178 g/mol. The van der Waals surface area contributed by atoms with Gasteiger partial charge in [-0.1, -0.05) is 27.7 Å². The van der Waals surface area contributed by atoms with Gasteiger partial charge in [-0.25, -0.2) is 9.97 Å². The van der Waals surface area contributed by atoms with Gasteiger partial charge in [-0.05, 0) is 23.8 Å². The third-order valence-electron chi connectivity index (χ3n) is 2.60. The van der Waals surface area contributed by atoms with Gasteiger partial charge in [0.05, 0.1) is 0 Å². The molecule has 1 aromatic rings. The minimum absolute atomic E-state index is 0.276. The predicted octanol–water partition coefficient (Wildman–Crippen LogP) is 2.93. The number of aryl methyl sites for hydroxylation is 1. The molecule has 1 aromatic heterocycles. The summed E-state index contributed by atoms with van der Waals surface area (Å²) in [5.74, 6) is 1.33. The van der Waals surface area contributed by atoms with Crippen LogP contribution in [-0.4, -0.2) is 9.97 Å². The average molecular weight is 178 g/mol. The fraction of sp³-hybridized carbons (Fsp3) is 0.636. The molecule has 0 bridgehead atoms. The van der Waals surface area contributed by atoms with Gasteiger partial charge in [-0.3, -0.25) is 0 Å². The molecule has 0 saturated carbocycles. The Morgan fingerprint density at radius 1 is 1.15 bits per heavy atom. The first-order chi connectivity index (χ1) is 5.91. The van der Waals surface area contributed by atoms with Crippen molar-refractivity contribution in [1.82, 2.24) is 9.97 Å². The molecular weight excluding hydrogens is 160 g/mol. The fourth-order valence-electron chi connectivity index (χ4n) is 1.13. The van der Waals surface area contributed by atoms with E-state index in [-0.39, 0.29) is 5.41 Å². The topological polar surface area (TPSA) is 25.8 Å². The molecule has 1 heterocycles. The highest BCUT2D eigenvalue weighted by atomic mass is 14.8. The van der Waals surface area contributed by atoms with Gasteiger partial charge >= 0.3 is 0 Å². The van der Waals surface area contributed by atoms with Crippen LogP contribution in [0.3, 0.4) is 0 Å². The van der Waals surface area contributed by atoms with Crippen LogP contribution in [0.1, 0.15) is 45.0 Å². The quantitative estimate of drug-likeness (QED) is 0.660. The van der Waals surface area contributed by atoms with Gasteiger partial charge in [0.1, 0.15) is 5.82 Å². The normalized spacial score (nSPS) is 14.2. The van der Waals surface area contributed by atoms with Crippen LogP contribution >= 0.6 is 0 Å². The van der Waals surface area contributed by atoms with E-state index in [1.54, 1.807) is 0 Å². The van der Waals surface area contributed by atoms with Gasteiger partial charge in [0.15, 0.2) is 0 Å². The highest BCUT2D eigenvalue weighted by Crippen LogP contribution is 2.33. The summed E-state index contributed by atoms with van der Waals surface area (Å²) in [6, 6.07) is 0. The number of rotatable bonds is 1. The minimum atomic E-state index is 0.276. The van der Waals surface area contributed by atoms with E-state index in [1.807, 2.05) is 19.3 Å². The van der Waals surface area contributed by atoms with Crippen LogP contribution in [0.5, 0.6) is 0 Å². The van der Waals surface area contributed by atoms with E-state index < -0.39 is 0 Å². The van der Waals surface area contributed by atoms with E-state index >= 15 is 0 Å². The summed E-state index contributed by atoms with van der Waals surface area (Å²) in [7, 11) is 0. The van der Waals surface area contributed by atoms with E-state index in [9.17, 15) is 0 Å². The second kappa shape index (κ2) is 3.44. The van der Waals surface area contributed by atoms with E-state index in [2.05, 4.69) is 37.7 Å². The highest BCUT2D eigenvalue weighted by Gasteiger charge is 2.21. The zero-order chi connectivity index (χ0) is 10.1. The maximum absolute atomic E-state index is 4.20. The fourth-order valence-corrected chi connectivity index (χ4v) is 1.13. The SMILES string of the molecule is Cc1ncc([C@H](C)C(C)(C)C)cn1. The lowest BCUT2D eigenvalue weighted by molar-refractivity contribution is 0.338. The molecule has 0 spiro atoms. The summed E-state index contributed by atoms with van der Waals surface area (Å²) in [5.41, 5.74) is 1.50. The summed E-state index contributed by atoms with van der Waals surface area (Å²) in [4.78, 5) is 8.41. The van der Waals surface area contributed by atoms with Crippen LogP contribution in [0, 0.1) is 12.3 Å². The van der Waals surface area contributed by atoms with Crippen molar-refractivity contribution in [3.05, 3.63) is 23.8 Å². The van der Waals surface area contributed by atoms with Crippen molar-refractivity contribution in [2.45, 2.75) is 40.5 Å². The zero-order valence-electron chi connectivity index (χ0n) is 9.13. The van der Waals surface area contributed by atoms with E-state index in [0.717, 1.165) is 5.82 Å². The van der Waals surface area contributed by atoms with Crippen LogP contribution < -0.4 is 0 Å². The molecular formula is C11H18N2. The molecule has 0 amide bonds. The lowest BCUT2D eigenvalue weighted by atomic mass is 9.79. The Morgan fingerprint density at radius 2 is 1.62 bits per heavy atom. The third-order valence-corrected chi connectivity index (χ3v) is 2.60. The van der Waals surface area contributed by atoms with Crippen molar-refractivity contribution in [2.75, 3.05) is 0 Å². The molecule has 2 nitrogen and oxygen atoms in total. The first-order valence-electron chi connectivity index (χ1n) is 4.70. The van der Waals surface area contributed by atoms with E-state index in [4.69, 9.17) is 0 Å². The number of hydrogen-bond acceptors (Lipinski definition) is 2. The van der Waals surface area contributed by atoms with Gasteiger partial charge < -0.3 is 0 Å². The molecule has 2 heteroatoms. The molecule has 0 unspecified atom stereocenters. The van der Waals surface area contributed by atoms with Crippen molar-refractivity contribution in [1.29, 1.82) is 0 Å². The Kier molecular flexibility index (Phi) is 2.69. The Balaban J connectivity index is 2.90. The average Bonchev–Trinajstić information content (AvgIpc) is 2.03. The van der Waals surface area contributed by atoms with Gasteiger partial charge in [0, 0.05) is 12.4 Å². The third kappa shape index (κ3) is 2.51. The van der Waals surface area contributed by atoms with Crippen molar-refractivity contribution >= 4 is 0 Å². The molecule has 0 saturated heterocycles. The number of aromatic nitrogens is 2. The molecule has 1 rings (SSSR count).